The second-order valence-corrected chi connectivity index (χ2v) is 7.42. The molecule has 3 heterocycles. The minimum Gasteiger partial charge on any atom is -0.372 e. The predicted molar refractivity (Wildman–Crippen MR) is 108 cm³/mol. The van der Waals surface area contributed by atoms with Crippen molar-refractivity contribution in [2.75, 3.05) is 13.1 Å². The first-order valence-corrected chi connectivity index (χ1v) is 9.93. The SMILES string of the molecule is Cc1ccccc1Cn1cc(C(=O)N2CCC[C@@H](OCc3cccnc3)C2)nn1. The number of rotatable bonds is 6. The molecular weight excluding hydrogens is 366 g/mol. The van der Waals surface area contributed by atoms with Crippen LogP contribution in [0.2, 0.25) is 0 Å². The third-order valence-corrected chi connectivity index (χ3v) is 5.23. The summed E-state index contributed by atoms with van der Waals surface area (Å²) in [7, 11) is 0. The number of piperidine rings is 1. The van der Waals surface area contributed by atoms with Crippen molar-refractivity contribution in [3.05, 3.63) is 77.4 Å². The highest BCUT2D eigenvalue weighted by Gasteiger charge is 2.26. The summed E-state index contributed by atoms with van der Waals surface area (Å²) in [6.07, 6.45) is 7.17. The first-order chi connectivity index (χ1) is 14.2. The number of likely N-dealkylation sites (tertiary alicyclic amines) is 1. The Morgan fingerprint density at radius 1 is 1.24 bits per heavy atom. The summed E-state index contributed by atoms with van der Waals surface area (Å²) < 4.78 is 7.73. The molecule has 1 saturated heterocycles. The Bertz CT molecular complexity index is 957. The number of aromatic nitrogens is 4. The molecule has 150 valence electrons. The summed E-state index contributed by atoms with van der Waals surface area (Å²) in [6, 6.07) is 12.0. The molecule has 0 unspecified atom stereocenters. The van der Waals surface area contributed by atoms with E-state index in [1.54, 1.807) is 23.3 Å². The van der Waals surface area contributed by atoms with Crippen LogP contribution in [0.25, 0.3) is 0 Å². The van der Waals surface area contributed by atoms with Crippen LogP contribution < -0.4 is 0 Å². The number of amides is 1. The van der Waals surface area contributed by atoms with Crippen molar-refractivity contribution in [1.29, 1.82) is 0 Å². The van der Waals surface area contributed by atoms with Crippen LogP contribution in [-0.2, 0) is 17.9 Å². The van der Waals surface area contributed by atoms with Crippen LogP contribution in [0.15, 0.2) is 55.0 Å². The lowest BCUT2D eigenvalue weighted by Gasteiger charge is -2.32. The monoisotopic (exact) mass is 391 g/mol. The van der Waals surface area contributed by atoms with E-state index >= 15 is 0 Å². The standard InChI is InChI=1S/C22H25N5O2/c1-17-6-2-3-8-19(17)13-27-15-21(24-25-27)22(28)26-11-5-9-20(14-26)29-16-18-7-4-10-23-12-18/h2-4,6-8,10,12,15,20H,5,9,11,13-14,16H2,1H3/t20-/m1/s1. The molecule has 7 heteroatoms. The highest BCUT2D eigenvalue weighted by molar-refractivity contribution is 5.92. The van der Waals surface area contributed by atoms with Crippen LogP contribution >= 0.6 is 0 Å². The molecular formula is C22H25N5O2. The molecule has 2 aromatic heterocycles. The van der Waals surface area contributed by atoms with Crippen LogP contribution in [0, 0.1) is 6.92 Å². The van der Waals surface area contributed by atoms with E-state index in [1.807, 2.05) is 29.2 Å². The van der Waals surface area contributed by atoms with Crippen molar-refractivity contribution in [2.45, 2.75) is 39.0 Å². The third kappa shape index (κ3) is 4.86. The summed E-state index contributed by atoms with van der Waals surface area (Å²) in [5.74, 6) is -0.0873. The number of carbonyl (C=O) groups excluding carboxylic acids is 1. The highest BCUT2D eigenvalue weighted by atomic mass is 16.5. The van der Waals surface area contributed by atoms with Crippen molar-refractivity contribution in [1.82, 2.24) is 24.9 Å². The highest BCUT2D eigenvalue weighted by Crippen LogP contribution is 2.17. The van der Waals surface area contributed by atoms with Gasteiger partial charge in [-0.05, 0) is 42.5 Å². The summed E-state index contributed by atoms with van der Waals surface area (Å²) in [5, 5.41) is 8.25. The molecule has 7 nitrogen and oxygen atoms in total. The zero-order valence-corrected chi connectivity index (χ0v) is 16.6. The summed E-state index contributed by atoms with van der Waals surface area (Å²) in [6.45, 7) is 4.47. The molecule has 0 spiro atoms. The quantitative estimate of drug-likeness (QED) is 0.646. The molecule has 3 aromatic rings. The molecule has 0 aliphatic carbocycles. The average Bonchev–Trinajstić information content (AvgIpc) is 3.23. The Hall–Kier alpha value is -3.06. The lowest BCUT2D eigenvalue weighted by Crippen LogP contribution is -2.43. The largest absolute Gasteiger partial charge is 0.372 e. The Balaban J connectivity index is 1.35. The summed E-state index contributed by atoms with van der Waals surface area (Å²) in [5.41, 5.74) is 3.78. The molecule has 0 saturated carbocycles. The van der Waals surface area contributed by atoms with E-state index in [2.05, 4.69) is 34.4 Å². The Kier molecular flexibility index (Phi) is 5.95. The van der Waals surface area contributed by atoms with Gasteiger partial charge in [0, 0.05) is 25.5 Å². The van der Waals surface area contributed by atoms with Gasteiger partial charge >= 0.3 is 0 Å². The van der Waals surface area contributed by atoms with E-state index in [1.165, 1.54) is 11.1 Å². The van der Waals surface area contributed by atoms with E-state index in [-0.39, 0.29) is 12.0 Å². The molecule has 1 amide bonds. The topological polar surface area (TPSA) is 73.1 Å². The van der Waals surface area contributed by atoms with E-state index < -0.39 is 0 Å². The van der Waals surface area contributed by atoms with Crippen LogP contribution in [0.4, 0.5) is 0 Å². The maximum atomic E-state index is 12.9. The fraction of sp³-hybridized carbons (Fsp3) is 0.364. The van der Waals surface area contributed by atoms with Gasteiger partial charge < -0.3 is 9.64 Å². The van der Waals surface area contributed by atoms with Crippen LogP contribution in [-0.4, -0.2) is 50.0 Å². The van der Waals surface area contributed by atoms with E-state index in [4.69, 9.17) is 4.74 Å². The van der Waals surface area contributed by atoms with Gasteiger partial charge in [0.05, 0.1) is 25.5 Å². The number of carbonyl (C=O) groups is 1. The van der Waals surface area contributed by atoms with Crippen molar-refractivity contribution in [2.24, 2.45) is 0 Å². The first-order valence-electron chi connectivity index (χ1n) is 9.93. The zero-order valence-electron chi connectivity index (χ0n) is 16.6. The predicted octanol–water partition coefficient (Wildman–Crippen LogP) is 2.85. The smallest absolute Gasteiger partial charge is 0.276 e. The van der Waals surface area contributed by atoms with Gasteiger partial charge in [0.15, 0.2) is 5.69 Å². The van der Waals surface area contributed by atoms with Gasteiger partial charge in [-0.2, -0.15) is 0 Å². The van der Waals surface area contributed by atoms with Crippen molar-refractivity contribution < 1.29 is 9.53 Å². The summed E-state index contributed by atoms with van der Waals surface area (Å²) in [4.78, 5) is 18.8. The molecule has 4 rings (SSSR count). The number of benzene rings is 1. The number of ether oxygens (including phenoxy) is 1. The molecule has 0 N–H and O–H groups in total. The van der Waals surface area contributed by atoms with Gasteiger partial charge in [-0.25, -0.2) is 4.68 Å². The fourth-order valence-electron chi connectivity index (χ4n) is 3.55. The van der Waals surface area contributed by atoms with Gasteiger partial charge in [-0.3, -0.25) is 9.78 Å². The average molecular weight is 391 g/mol. The Labute approximate surface area is 170 Å². The minimum atomic E-state index is -0.0873. The molecule has 1 fully saturated rings. The number of aryl methyl sites for hydroxylation is 1. The molecule has 1 atom stereocenters. The second-order valence-electron chi connectivity index (χ2n) is 7.42. The fourth-order valence-corrected chi connectivity index (χ4v) is 3.55. The van der Waals surface area contributed by atoms with Crippen molar-refractivity contribution in [3.63, 3.8) is 0 Å². The maximum Gasteiger partial charge on any atom is 0.276 e. The van der Waals surface area contributed by atoms with Crippen LogP contribution in [0.5, 0.6) is 0 Å². The van der Waals surface area contributed by atoms with E-state index in [9.17, 15) is 4.79 Å². The van der Waals surface area contributed by atoms with Crippen LogP contribution in [0.1, 0.15) is 40.0 Å². The van der Waals surface area contributed by atoms with Crippen molar-refractivity contribution in [3.8, 4) is 0 Å². The maximum absolute atomic E-state index is 12.9. The van der Waals surface area contributed by atoms with Gasteiger partial charge in [0.2, 0.25) is 0 Å². The number of hydrogen-bond donors (Lipinski definition) is 0. The zero-order chi connectivity index (χ0) is 20.1. The van der Waals surface area contributed by atoms with E-state index in [0.29, 0.717) is 25.4 Å². The minimum absolute atomic E-state index is 0.0231. The second kappa shape index (κ2) is 8.96. The molecule has 1 aromatic carbocycles. The normalized spacial score (nSPS) is 16.7. The molecule has 29 heavy (non-hydrogen) atoms. The summed E-state index contributed by atoms with van der Waals surface area (Å²) >= 11 is 0. The van der Waals surface area contributed by atoms with Gasteiger partial charge in [-0.15, -0.1) is 5.10 Å². The lowest BCUT2D eigenvalue weighted by atomic mass is 10.1. The van der Waals surface area contributed by atoms with Gasteiger partial charge in [-0.1, -0.05) is 35.5 Å². The lowest BCUT2D eigenvalue weighted by molar-refractivity contribution is -0.00697. The Morgan fingerprint density at radius 3 is 2.97 bits per heavy atom. The Morgan fingerprint density at radius 2 is 2.14 bits per heavy atom. The van der Waals surface area contributed by atoms with E-state index in [0.717, 1.165) is 24.9 Å². The number of nitrogens with zero attached hydrogens (tertiary/aromatic N) is 5. The molecule has 1 aliphatic rings. The number of pyridine rings is 1. The molecule has 0 bridgehead atoms. The third-order valence-electron chi connectivity index (χ3n) is 5.23. The molecule has 1 aliphatic heterocycles. The van der Waals surface area contributed by atoms with Gasteiger partial charge in [0.1, 0.15) is 0 Å². The first kappa shape index (κ1) is 19.3. The van der Waals surface area contributed by atoms with Gasteiger partial charge in [0.25, 0.3) is 5.91 Å². The number of hydrogen-bond acceptors (Lipinski definition) is 5. The molecule has 0 radical (unpaired) electrons. The van der Waals surface area contributed by atoms with Crippen molar-refractivity contribution >= 4 is 5.91 Å². The van der Waals surface area contributed by atoms with Crippen LogP contribution in [0.3, 0.4) is 0 Å².